The minimum absolute atomic E-state index is 0. The molecule has 0 saturated heterocycles. The maximum Gasteiger partial charge on any atom is 0.197 e. The van der Waals surface area contributed by atoms with Gasteiger partial charge in [0.1, 0.15) is 0 Å². The minimum atomic E-state index is -0.0116. The van der Waals surface area contributed by atoms with Gasteiger partial charge in [-0.1, -0.05) is 12.2 Å². The second kappa shape index (κ2) is 8.70. The number of aliphatic hydroxyl groups excluding tert-OH is 1. The third-order valence-electron chi connectivity index (χ3n) is 1.73. The molecule has 0 atom stereocenters. The van der Waals surface area contributed by atoms with Crippen LogP contribution in [0.4, 0.5) is 0 Å². The fourth-order valence-corrected chi connectivity index (χ4v) is 1.14. The number of aliphatic hydroxyl groups is 1. The monoisotopic (exact) mass is 289 g/mol. The van der Waals surface area contributed by atoms with Gasteiger partial charge in [-0.25, -0.2) is 12.1 Å². The van der Waals surface area contributed by atoms with Crippen molar-refractivity contribution in [1.29, 1.82) is 0 Å². The molecule has 0 heterocycles. The molecule has 0 aromatic heterocycles. The first-order valence-corrected chi connectivity index (χ1v) is 5.12. The van der Waals surface area contributed by atoms with E-state index in [0.717, 1.165) is 0 Å². The molecule has 4 N–H and O–H groups in total. The van der Waals surface area contributed by atoms with Crippen molar-refractivity contribution in [2.75, 3.05) is 0 Å². The molecule has 1 aromatic rings. The molecule has 1 aliphatic rings. The van der Waals surface area contributed by atoms with Crippen molar-refractivity contribution in [3.63, 3.8) is 0 Å². The zero-order valence-corrected chi connectivity index (χ0v) is 10.9. The molecule has 0 spiro atoms. The molecule has 2 rings (SSSR count). The van der Waals surface area contributed by atoms with Crippen LogP contribution in [0.2, 0.25) is 0 Å². The van der Waals surface area contributed by atoms with Crippen LogP contribution in [0.25, 0.3) is 0 Å². The summed E-state index contributed by atoms with van der Waals surface area (Å²) < 4.78 is 0. The summed E-state index contributed by atoms with van der Waals surface area (Å²) in [6.45, 7) is 0. The van der Waals surface area contributed by atoms with Gasteiger partial charge in [0, 0.05) is 22.6 Å². The second-order valence-electron chi connectivity index (χ2n) is 2.97. The minimum Gasteiger partial charge on any atom is -0.494 e. The summed E-state index contributed by atoms with van der Waals surface area (Å²) in [5.41, 5.74) is 5.82. The number of hydrogen-bond donors (Lipinski definition) is 3. The normalized spacial score (nSPS) is 11.2. The Bertz CT molecular complexity index is 391. The van der Waals surface area contributed by atoms with Crippen molar-refractivity contribution < 1.29 is 22.2 Å². The molecule has 0 bridgehead atoms. The molecule has 0 amide bonds. The number of nitrogens with two attached hydrogens (primary N) is 1. The summed E-state index contributed by atoms with van der Waals surface area (Å²) >= 11 is 4.53. The Kier molecular flexibility index (Phi) is 7.97. The maximum absolute atomic E-state index is 9.22. The molecule has 0 radical (unpaired) electrons. The summed E-state index contributed by atoms with van der Waals surface area (Å²) in [6.07, 6.45) is 7.13. The third-order valence-corrected chi connectivity index (χ3v) is 1.84. The van der Waals surface area contributed by atoms with Gasteiger partial charge in [-0.05, 0) is 24.4 Å². The van der Waals surface area contributed by atoms with Crippen molar-refractivity contribution in [3.8, 4) is 0 Å². The van der Waals surface area contributed by atoms with Crippen LogP contribution in [0.3, 0.4) is 0 Å². The van der Waals surface area contributed by atoms with E-state index < -0.39 is 0 Å². The quantitative estimate of drug-likeness (QED) is 0.321. The molecule has 92 valence electrons. The van der Waals surface area contributed by atoms with Crippen LogP contribution >= 0.6 is 12.2 Å². The van der Waals surface area contributed by atoms with Gasteiger partial charge in [0.15, 0.2) is 11.0 Å². The number of nitrogens with one attached hydrogen (secondary N) is 1. The smallest absolute Gasteiger partial charge is 0.197 e. The van der Waals surface area contributed by atoms with E-state index in [1.807, 2.05) is 42.5 Å². The van der Waals surface area contributed by atoms with E-state index >= 15 is 0 Å². The average Bonchev–Trinajstić information content (AvgIpc) is 2.94. The van der Waals surface area contributed by atoms with Gasteiger partial charge in [-0.2, -0.15) is 18.2 Å². The fourth-order valence-electron chi connectivity index (χ4n) is 1.04. The summed E-state index contributed by atoms with van der Waals surface area (Å²) in [7, 11) is 0. The van der Waals surface area contributed by atoms with E-state index in [9.17, 15) is 5.11 Å². The summed E-state index contributed by atoms with van der Waals surface area (Å²) in [5, 5.41) is 11.7. The SMILES string of the molecule is NC(=S)NC(O)=C1C=CC=C1.[Fe].c1cc[cH-]c1. The van der Waals surface area contributed by atoms with Gasteiger partial charge >= 0.3 is 0 Å². The first-order chi connectivity index (χ1) is 7.70. The Labute approximate surface area is 117 Å². The van der Waals surface area contributed by atoms with Crippen LogP contribution < -0.4 is 11.1 Å². The number of hydrogen-bond acceptors (Lipinski definition) is 2. The van der Waals surface area contributed by atoms with Gasteiger partial charge in [-0.15, -0.1) is 0 Å². The maximum atomic E-state index is 9.22. The number of rotatable bonds is 1. The predicted octanol–water partition coefficient (Wildman–Crippen LogP) is 2.12. The van der Waals surface area contributed by atoms with Crippen LogP contribution in [-0.4, -0.2) is 10.2 Å². The number of thiocarbonyl (C=S) groups is 1. The summed E-state index contributed by atoms with van der Waals surface area (Å²) in [5.74, 6) is -0.0116. The molecule has 1 aliphatic carbocycles. The topological polar surface area (TPSA) is 58.3 Å². The molecule has 17 heavy (non-hydrogen) atoms. The molecule has 0 fully saturated rings. The Hall–Kier alpha value is -1.42. The van der Waals surface area contributed by atoms with Gasteiger partial charge in [0.25, 0.3) is 0 Å². The number of allylic oxidation sites excluding steroid dienone is 5. The molecule has 0 aliphatic heterocycles. The molecule has 0 saturated carbocycles. The van der Waals surface area contributed by atoms with Crippen LogP contribution in [0.5, 0.6) is 0 Å². The van der Waals surface area contributed by atoms with Crippen molar-refractivity contribution in [2.24, 2.45) is 5.73 Å². The molecular formula is C12H13FeN2OS-. The van der Waals surface area contributed by atoms with Crippen LogP contribution in [0.1, 0.15) is 0 Å². The van der Waals surface area contributed by atoms with Gasteiger partial charge in [0.05, 0.1) is 0 Å². The fraction of sp³-hybridized carbons (Fsp3) is 0. The summed E-state index contributed by atoms with van der Waals surface area (Å²) in [6, 6.07) is 10.0. The molecule has 3 nitrogen and oxygen atoms in total. The van der Waals surface area contributed by atoms with Crippen LogP contribution in [-0.2, 0) is 17.1 Å². The van der Waals surface area contributed by atoms with E-state index in [1.54, 1.807) is 12.2 Å². The average molecular weight is 289 g/mol. The van der Waals surface area contributed by atoms with Crippen molar-refractivity contribution >= 4 is 17.3 Å². The third kappa shape index (κ3) is 6.68. The van der Waals surface area contributed by atoms with Crippen molar-refractivity contribution in [3.05, 3.63) is 66.1 Å². The molecule has 0 unspecified atom stereocenters. The first-order valence-electron chi connectivity index (χ1n) is 4.71. The van der Waals surface area contributed by atoms with E-state index in [1.165, 1.54) is 0 Å². The predicted molar refractivity (Wildman–Crippen MR) is 69.9 cm³/mol. The van der Waals surface area contributed by atoms with Crippen molar-refractivity contribution in [1.82, 2.24) is 5.32 Å². The van der Waals surface area contributed by atoms with Crippen molar-refractivity contribution in [2.45, 2.75) is 0 Å². The van der Waals surface area contributed by atoms with Gasteiger partial charge in [-0.3, -0.25) is 0 Å². The molecule has 1 aromatic carbocycles. The Balaban J connectivity index is 0.000000360. The Morgan fingerprint density at radius 1 is 1.24 bits per heavy atom. The second-order valence-corrected chi connectivity index (χ2v) is 3.41. The van der Waals surface area contributed by atoms with Gasteiger partial charge < -0.3 is 16.2 Å². The summed E-state index contributed by atoms with van der Waals surface area (Å²) in [4.78, 5) is 0. The van der Waals surface area contributed by atoms with E-state index in [4.69, 9.17) is 5.73 Å². The zero-order chi connectivity index (χ0) is 11.8. The molecule has 5 heteroatoms. The van der Waals surface area contributed by atoms with Crippen LogP contribution in [0.15, 0.2) is 66.1 Å². The van der Waals surface area contributed by atoms with E-state index in [-0.39, 0.29) is 28.1 Å². The Morgan fingerprint density at radius 2 is 1.76 bits per heavy atom. The van der Waals surface area contributed by atoms with E-state index in [2.05, 4.69) is 17.5 Å². The molecular weight excluding hydrogens is 276 g/mol. The van der Waals surface area contributed by atoms with Gasteiger partial charge in [0.2, 0.25) is 0 Å². The van der Waals surface area contributed by atoms with Crippen LogP contribution in [0, 0.1) is 0 Å². The Morgan fingerprint density at radius 3 is 2.12 bits per heavy atom. The zero-order valence-electron chi connectivity index (χ0n) is 8.98. The first kappa shape index (κ1) is 15.6. The largest absolute Gasteiger partial charge is 0.494 e. The standard InChI is InChI=1S/C7H8N2OS.C5H5.Fe/c8-7(11)9-6(10)5-3-1-2-4-5;1-2-4-5-3-1;/h1-4,10H,(H3,8,9,11);1-5H;/q;-1;. The van der Waals surface area contributed by atoms with E-state index in [0.29, 0.717) is 5.57 Å².